The fourth-order valence-corrected chi connectivity index (χ4v) is 3.07. The molecule has 1 fully saturated rings. The minimum absolute atomic E-state index is 0.0918. The molecule has 0 radical (unpaired) electrons. The van der Waals surface area contributed by atoms with Crippen molar-refractivity contribution in [1.29, 1.82) is 0 Å². The highest BCUT2D eigenvalue weighted by Crippen LogP contribution is 2.28. The van der Waals surface area contributed by atoms with E-state index in [0.29, 0.717) is 10.1 Å². The van der Waals surface area contributed by atoms with Crippen LogP contribution in [0.2, 0.25) is 0 Å². The minimum atomic E-state index is -0.0918. The summed E-state index contributed by atoms with van der Waals surface area (Å²) < 4.78 is 0. The van der Waals surface area contributed by atoms with Crippen molar-refractivity contribution in [3.05, 3.63) is 57.6 Å². The van der Waals surface area contributed by atoms with Gasteiger partial charge in [0.1, 0.15) is 0 Å². The average Bonchev–Trinajstić information content (AvgIpc) is 3.02. The van der Waals surface area contributed by atoms with Gasteiger partial charge in [-0.25, -0.2) is 4.99 Å². The van der Waals surface area contributed by atoms with E-state index in [2.05, 4.69) is 10.3 Å². The molecule has 0 atom stereocenters. The summed E-state index contributed by atoms with van der Waals surface area (Å²) in [6, 6.07) is 11.6. The summed E-state index contributed by atoms with van der Waals surface area (Å²) in [5, 5.41) is 7.39. The first-order chi connectivity index (χ1) is 9.31. The van der Waals surface area contributed by atoms with Crippen LogP contribution < -0.4 is 5.32 Å². The number of amidine groups is 1. The van der Waals surface area contributed by atoms with E-state index in [1.54, 1.807) is 11.3 Å². The maximum absolute atomic E-state index is 11.8. The molecule has 1 aliphatic heterocycles. The van der Waals surface area contributed by atoms with E-state index in [-0.39, 0.29) is 5.91 Å². The van der Waals surface area contributed by atoms with E-state index in [9.17, 15) is 4.79 Å². The summed E-state index contributed by atoms with van der Waals surface area (Å²) in [4.78, 5) is 16.9. The zero-order valence-corrected chi connectivity index (χ0v) is 11.5. The maximum atomic E-state index is 11.8. The molecule has 0 saturated carbocycles. The number of aliphatic imine (C=N–C) groups is 1. The summed E-state index contributed by atoms with van der Waals surface area (Å²) in [5.41, 5.74) is 1.88. The molecule has 0 aliphatic carbocycles. The number of carbonyl (C=O) groups is 1. The standard InChI is InChI=1S/C14H10N2OS2/c17-13-12(8-10-6-7-18-9-10)19-14(16-13)15-11-4-2-1-3-5-11/h1-9H,(H,15,16,17)/b12-8-. The van der Waals surface area contributed by atoms with Crippen molar-refractivity contribution >= 4 is 45.9 Å². The van der Waals surface area contributed by atoms with E-state index in [0.717, 1.165) is 11.3 Å². The van der Waals surface area contributed by atoms with Crippen LogP contribution in [0.5, 0.6) is 0 Å². The van der Waals surface area contributed by atoms with Crippen LogP contribution in [0, 0.1) is 0 Å². The number of nitrogens with one attached hydrogen (secondary N) is 1. The lowest BCUT2D eigenvalue weighted by Gasteiger charge is -1.94. The first kappa shape index (κ1) is 12.2. The quantitative estimate of drug-likeness (QED) is 0.856. The third-order valence-electron chi connectivity index (χ3n) is 2.48. The zero-order chi connectivity index (χ0) is 13.1. The molecule has 0 unspecified atom stereocenters. The Morgan fingerprint density at radius 1 is 1.16 bits per heavy atom. The molecule has 1 amide bonds. The molecular weight excluding hydrogens is 276 g/mol. The Morgan fingerprint density at radius 2 is 2.00 bits per heavy atom. The first-order valence-corrected chi connectivity index (χ1v) is 7.44. The van der Waals surface area contributed by atoms with Crippen molar-refractivity contribution in [2.45, 2.75) is 0 Å². The number of thiophene rings is 1. The molecular formula is C14H10N2OS2. The number of nitrogens with zero attached hydrogens (tertiary/aromatic N) is 1. The Kier molecular flexibility index (Phi) is 3.48. The molecule has 2 aromatic rings. The summed E-state index contributed by atoms with van der Waals surface area (Å²) >= 11 is 2.98. The Hall–Kier alpha value is -1.85. The van der Waals surface area contributed by atoms with Crippen LogP contribution >= 0.6 is 23.1 Å². The Bertz CT molecular complexity index is 645. The number of thioether (sulfide) groups is 1. The second-order valence-electron chi connectivity index (χ2n) is 3.87. The van der Waals surface area contributed by atoms with E-state index < -0.39 is 0 Å². The lowest BCUT2D eigenvalue weighted by Crippen LogP contribution is -2.19. The zero-order valence-electron chi connectivity index (χ0n) is 9.87. The van der Waals surface area contributed by atoms with Crippen LogP contribution in [-0.2, 0) is 4.79 Å². The van der Waals surface area contributed by atoms with E-state index in [1.807, 2.05) is 53.2 Å². The molecule has 1 aromatic carbocycles. The molecule has 1 N–H and O–H groups in total. The van der Waals surface area contributed by atoms with Crippen molar-refractivity contribution in [3.8, 4) is 0 Å². The van der Waals surface area contributed by atoms with Gasteiger partial charge in [0, 0.05) is 0 Å². The van der Waals surface area contributed by atoms with Gasteiger partial charge in [0.15, 0.2) is 5.17 Å². The van der Waals surface area contributed by atoms with Gasteiger partial charge in [0.25, 0.3) is 5.91 Å². The van der Waals surface area contributed by atoms with E-state index in [1.165, 1.54) is 11.8 Å². The predicted octanol–water partition coefficient (Wildman–Crippen LogP) is 3.64. The Morgan fingerprint density at radius 3 is 2.74 bits per heavy atom. The summed E-state index contributed by atoms with van der Waals surface area (Å²) in [6.45, 7) is 0. The van der Waals surface area contributed by atoms with Gasteiger partial charge >= 0.3 is 0 Å². The van der Waals surface area contributed by atoms with Gasteiger partial charge in [-0.3, -0.25) is 4.79 Å². The van der Waals surface area contributed by atoms with Gasteiger partial charge in [-0.1, -0.05) is 18.2 Å². The van der Waals surface area contributed by atoms with Crippen LogP contribution in [0.3, 0.4) is 0 Å². The maximum Gasteiger partial charge on any atom is 0.264 e. The fraction of sp³-hybridized carbons (Fsp3) is 0. The number of hydrogen-bond acceptors (Lipinski definition) is 4. The number of amides is 1. The highest BCUT2D eigenvalue weighted by Gasteiger charge is 2.23. The number of hydrogen-bond donors (Lipinski definition) is 1. The molecule has 2 heterocycles. The molecule has 1 aromatic heterocycles. The molecule has 3 rings (SSSR count). The van der Waals surface area contributed by atoms with E-state index in [4.69, 9.17) is 0 Å². The van der Waals surface area contributed by atoms with Gasteiger partial charge in [-0.2, -0.15) is 11.3 Å². The topological polar surface area (TPSA) is 41.5 Å². The van der Waals surface area contributed by atoms with Gasteiger partial charge < -0.3 is 5.32 Å². The predicted molar refractivity (Wildman–Crippen MR) is 81.6 cm³/mol. The third-order valence-corrected chi connectivity index (χ3v) is 4.09. The molecule has 0 bridgehead atoms. The molecule has 3 nitrogen and oxygen atoms in total. The highest BCUT2D eigenvalue weighted by molar-refractivity contribution is 8.18. The first-order valence-electron chi connectivity index (χ1n) is 5.68. The highest BCUT2D eigenvalue weighted by atomic mass is 32.2. The van der Waals surface area contributed by atoms with Crippen LogP contribution in [0.25, 0.3) is 6.08 Å². The number of rotatable bonds is 2. The molecule has 94 valence electrons. The van der Waals surface area contributed by atoms with Crippen LogP contribution in [-0.4, -0.2) is 11.1 Å². The number of benzene rings is 1. The smallest absolute Gasteiger partial charge is 0.264 e. The average molecular weight is 286 g/mol. The van der Waals surface area contributed by atoms with Crippen LogP contribution in [0.4, 0.5) is 5.69 Å². The molecule has 19 heavy (non-hydrogen) atoms. The van der Waals surface area contributed by atoms with Gasteiger partial charge in [0.2, 0.25) is 0 Å². The second kappa shape index (κ2) is 5.42. The molecule has 5 heteroatoms. The number of carbonyl (C=O) groups excluding carboxylic acids is 1. The summed E-state index contributed by atoms with van der Waals surface area (Å²) in [5.74, 6) is -0.0918. The SMILES string of the molecule is O=C1NC(=Nc2ccccc2)S/C1=C\c1ccsc1. The monoisotopic (exact) mass is 286 g/mol. The van der Waals surface area contributed by atoms with Crippen molar-refractivity contribution < 1.29 is 4.79 Å². The lowest BCUT2D eigenvalue weighted by molar-refractivity contribution is -0.115. The lowest BCUT2D eigenvalue weighted by atomic mass is 10.3. The third kappa shape index (κ3) is 2.94. The normalized spacial score (nSPS) is 19.1. The summed E-state index contributed by atoms with van der Waals surface area (Å²) in [7, 11) is 0. The van der Waals surface area contributed by atoms with Gasteiger partial charge in [0.05, 0.1) is 10.6 Å². The van der Waals surface area contributed by atoms with Crippen LogP contribution in [0.1, 0.15) is 5.56 Å². The molecule has 1 saturated heterocycles. The Balaban J connectivity index is 1.82. The van der Waals surface area contributed by atoms with Crippen LogP contribution in [0.15, 0.2) is 57.1 Å². The largest absolute Gasteiger partial charge is 0.300 e. The number of para-hydroxylation sites is 1. The van der Waals surface area contributed by atoms with Gasteiger partial charge in [-0.15, -0.1) is 0 Å². The van der Waals surface area contributed by atoms with Gasteiger partial charge in [-0.05, 0) is 52.4 Å². The van der Waals surface area contributed by atoms with E-state index >= 15 is 0 Å². The summed E-state index contributed by atoms with van der Waals surface area (Å²) in [6.07, 6.45) is 1.88. The van der Waals surface area contributed by atoms with Crippen molar-refractivity contribution in [1.82, 2.24) is 5.32 Å². The molecule has 0 spiro atoms. The van der Waals surface area contributed by atoms with Crippen molar-refractivity contribution in [3.63, 3.8) is 0 Å². The van der Waals surface area contributed by atoms with Crippen molar-refractivity contribution in [2.75, 3.05) is 0 Å². The second-order valence-corrected chi connectivity index (χ2v) is 5.68. The Labute approximate surface area is 119 Å². The minimum Gasteiger partial charge on any atom is -0.300 e. The van der Waals surface area contributed by atoms with Crippen molar-refractivity contribution in [2.24, 2.45) is 4.99 Å². The molecule has 1 aliphatic rings. The fourth-order valence-electron chi connectivity index (χ4n) is 1.61.